The van der Waals surface area contributed by atoms with Crippen LogP contribution in [0.15, 0.2) is 48.6 Å². The van der Waals surface area contributed by atoms with Gasteiger partial charge < -0.3 is 14.2 Å². The van der Waals surface area contributed by atoms with E-state index in [1.54, 1.807) is 0 Å². The first kappa shape index (κ1) is 74.4. The molecule has 0 saturated carbocycles. The molecule has 0 aromatic heterocycles. The smallest absolute Gasteiger partial charge is 0.306 e. The standard InChI is InChI=1S/C71H130O6/c1-4-7-10-13-16-19-22-25-27-29-31-32-33-34-35-36-37-38-39-40-41-43-44-46-49-52-55-58-61-64-70(73)76-67-68(66-75-69(72)63-60-57-54-51-48-24-21-18-15-12-9-6-3)77-71(74)65-62-59-56-53-50-47-45-42-30-28-26-23-20-17-14-11-8-5-2/h18,21-22,25,29,31,33-34,68H,4-17,19-20,23-24,26-28,30,32,35-67H2,1-3H3/b21-18-,25-22-,31-29-,34-33-. The molecule has 6 heteroatoms. The molecule has 0 fully saturated rings. The fourth-order valence-electron chi connectivity index (χ4n) is 10.2. The number of hydrogen-bond donors (Lipinski definition) is 0. The number of esters is 3. The lowest BCUT2D eigenvalue weighted by atomic mass is 10.0. The van der Waals surface area contributed by atoms with Crippen LogP contribution in [0.4, 0.5) is 0 Å². The molecule has 0 rings (SSSR count). The van der Waals surface area contributed by atoms with Crippen LogP contribution < -0.4 is 0 Å². The lowest BCUT2D eigenvalue weighted by Crippen LogP contribution is -2.30. The van der Waals surface area contributed by atoms with E-state index in [9.17, 15) is 14.4 Å². The van der Waals surface area contributed by atoms with Gasteiger partial charge in [0.2, 0.25) is 0 Å². The Bertz CT molecular complexity index is 1330. The van der Waals surface area contributed by atoms with E-state index in [0.29, 0.717) is 19.3 Å². The van der Waals surface area contributed by atoms with Gasteiger partial charge >= 0.3 is 17.9 Å². The first-order valence-corrected chi connectivity index (χ1v) is 34.1. The Morgan fingerprint density at radius 1 is 0.260 bits per heavy atom. The van der Waals surface area contributed by atoms with Crippen molar-refractivity contribution in [3.8, 4) is 0 Å². The van der Waals surface area contributed by atoms with Gasteiger partial charge in [0.05, 0.1) is 0 Å². The van der Waals surface area contributed by atoms with Crippen LogP contribution >= 0.6 is 0 Å². The maximum absolute atomic E-state index is 12.9. The Hall–Kier alpha value is -2.63. The average molecular weight is 1080 g/mol. The van der Waals surface area contributed by atoms with Gasteiger partial charge in [0.1, 0.15) is 13.2 Å². The van der Waals surface area contributed by atoms with Crippen LogP contribution in [-0.2, 0) is 28.6 Å². The molecule has 6 nitrogen and oxygen atoms in total. The highest BCUT2D eigenvalue weighted by Crippen LogP contribution is 2.18. The zero-order valence-corrected chi connectivity index (χ0v) is 51.7. The molecule has 0 aliphatic rings. The third kappa shape index (κ3) is 64.1. The van der Waals surface area contributed by atoms with Crippen molar-refractivity contribution in [1.82, 2.24) is 0 Å². The Morgan fingerprint density at radius 2 is 0.468 bits per heavy atom. The first-order chi connectivity index (χ1) is 38.0. The summed E-state index contributed by atoms with van der Waals surface area (Å²) in [5.74, 6) is -0.858. The van der Waals surface area contributed by atoms with Crippen molar-refractivity contribution in [2.75, 3.05) is 13.2 Å². The minimum atomic E-state index is -0.774. The molecule has 0 radical (unpaired) electrons. The molecular formula is C71H130O6. The predicted octanol–water partition coefficient (Wildman–Crippen LogP) is 23.3. The second kappa shape index (κ2) is 65.9. The summed E-state index contributed by atoms with van der Waals surface area (Å²) in [4.78, 5) is 38.3. The number of rotatable bonds is 63. The molecule has 0 aromatic rings. The monoisotopic (exact) mass is 1080 g/mol. The van der Waals surface area contributed by atoms with Crippen molar-refractivity contribution in [2.45, 2.75) is 374 Å². The summed E-state index contributed by atoms with van der Waals surface area (Å²) in [5, 5.41) is 0. The highest BCUT2D eigenvalue weighted by Gasteiger charge is 2.19. The number of unbranched alkanes of at least 4 members (excludes halogenated alkanes) is 44. The van der Waals surface area contributed by atoms with E-state index in [4.69, 9.17) is 14.2 Å². The van der Waals surface area contributed by atoms with E-state index < -0.39 is 6.10 Å². The van der Waals surface area contributed by atoms with Crippen molar-refractivity contribution in [1.29, 1.82) is 0 Å². The molecule has 0 amide bonds. The molecule has 0 N–H and O–H groups in total. The van der Waals surface area contributed by atoms with Crippen molar-refractivity contribution in [2.24, 2.45) is 0 Å². The zero-order chi connectivity index (χ0) is 55.7. The second-order valence-corrected chi connectivity index (χ2v) is 23.1. The van der Waals surface area contributed by atoms with Crippen LogP contribution in [0.1, 0.15) is 367 Å². The van der Waals surface area contributed by atoms with E-state index >= 15 is 0 Å². The van der Waals surface area contributed by atoms with Crippen LogP contribution in [-0.4, -0.2) is 37.2 Å². The van der Waals surface area contributed by atoms with E-state index in [1.807, 2.05) is 0 Å². The number of allylic oxidation sites excluding steroid dienone is 8. The normalized spacial score (nSPS) is 12.3. The highest BCUT2D eigenvalue weighted by atomic mass is 16.6. The highest BCUT2D eigenvalue weighted by molar-refractivity contribution is 5.71. The van der Waals surface area contributed by atoms with Crippen LogP contribution in [0.2, 0.25) is 0 Å². The van der Waals surface area contributed by atoms with Gasteiger partial charge in [-0.1, -0.05) is 313 Å². The number of ether oxygens (including phenoxy) is 3. The molecule has 1 unspecified atom stereocenters. The fourth-order valence-corrected chi connectivity index (χ4v) is 10.2. The second-order valence-electron chi connectivity index (χ2n) is 23.1. The summed E-state index contributed by atoms with van der Waals surface area (Å²) < 4.78 is 16.9. The van der Waals surface area contributed by atoms with Crippen molar-refractivity contribution in [3.63, 3.8) is 0 Å². The maximum atomic E-state index is 12.9. The van der Waals surface area contributed by atoms with Crippen LogP contribution in [0.3, 0.4) is 0 Å². The topological polar surface area (TPSA) is 78.9 Å². The van der Waals surface area contributed by atoms with Crippen molar-refractivity contribution in [3.05, 3.63) is 48.6 Å². The molecule has 0 heterocycles. The van der Waals surface area contributed by atoms with Gasteiger partial charge in [-0.05, 0) is 83.5 Å². The summed E-state index contributed by atoms with van der Waals surface area (Å²) in [6.07, 6.45) is 82.8. The Kier molecular flexibility index (Phi) is 63.6. The molecule has 0 aliphatic carbocycles. The molecule has 1 atom stereocenters. The fraction of sp³-hybridized carbons (Fsp3) is 0.845. The number of hydrogen-bond acceptors (Lipinski definition) is 6. The third-order valence-corrected chi connectivity index (χ3v) is 15.3. The molecular weight excluding hydrogens is 949 g/mol. The maximum Gasteiger partial charge on any atom is 0.306 e. The molecule has 450 valence electrons. The Morgan fingerprint density at radius 3 is 0.766 bits per heavy atom. The molecule has 0 saturated heterocycles. The summed E-state index contributed by atoms with van der Waals surface area (Å²) in [5.41, 5.74) is 0. The van der Waals surface area contributed by atoms with Gasteiger partial charge in [0.25, 0.3) is 0 Å². The van der Waals surface area contributed by atoms with Crippen LogP contribution in [0.5, 0.6) is 0 Å². The minimum Gasteiger partial charge on any atom is -0.462 e. The lowest BCUT2D eigenvalue weighted by Gasteiger charge is -2.18. The van der Waals surface area contributed by atoms with Gasteiger partial charge in [-0.3, -0.25) is 14.4 Å². The van der Waals surface area contributed by atoms with Crippen molar-refractivity contribution < 1.29 is 28.6 Å². The van der Waals surface area contributed by atoms with Crippen LogP contribution in [0.25, 0.3) is 0 Å². The van der Waals surface area contributed by atoms with E-state index in [0.717, 1.165) is 77.0 Å². The van der Waals surface area contributed by atoms with E-state index in [-0.39, 0.29) is 31.1 Å². The number of carbonyl (C=O) groups excluding carboxylic acids is 3. The largest absolute Gasteiger partial charge is 0.462 e. The summed E-state index contributed by atoms with van der Waals surface area (Å²) in [7, 11) is 0. The summed E-state index contributed by atoms with van der Waals surface area (Å²) >= 11 is 0. The molecule has 0 aliphatic heterocycles. The molecule has 77 heavy (non-hydrogen) atoms. The van der Waals surface area contributed by atoms with E-state index in [2.05, 4.69) is 69.4 Å². The molecule has 0 bridgehead atoms. The molecule has 0 spiro atoms. The van der Waals surface area contributed by atoms with Gasteiger partial charge in [-0.2, -0.15) is 0 Å². The van der Waals surface area contributed by atoms with Crippen LogP contribution in [0, 0.1) is 0 Å². The zero-order valence-electron chi connectivity index (χ0n) is 51.7. The average Bonchev–Trinajstić information content (AvgIpc) is 3.43. The van der Waals surface area contributed by atoms with E-state index in [1.165, 1.54) is 250 Å². The Labute approximate surface area is 479 Å². The van der Waals surface area contributed by atoms with Gasteiger partial charge in [-0.25, -0.2) is 0 Å². The van der Waals surface area contributed by atoms with Gasteiger partial charge in [0.15, 0.2) is 6.10 Å². The summed E-state index contributed by atoms with van der Waals surface area (Å²) in [6.45, 7) is 6.66. The van der Waals surface area contributed by atoms with Crippen molar-refractivity contribution >= 4 is 17.9 Å². The Balaban J connectivity index is 4.19. The third-order valence-electron chi connectivity index (χ3n) is 15.3. The first-order valence-electron chi connectivity index (χ1n) is 34.1. The van der Waals surface area contributed by atoms with Gasteiger partial charge in [-0.15, -0.1) is 0 Å². The minimum absolute atomic E-state index is 0.0715. The summed E-state index contributed by atoms with van der Waals surface area (Å²) in [6, 6.07) is 0. The molecule has 0 aromatic carbocycles. The predicted molar refractivity (Wildman–Crippen MR) is 335 cm³/mol. The van der Waals surface area contributed by atoms with Gasteiger partial charge in [0, 0.05) is 19.3 Å². The SMILES string of the molecule is CCCCC/C=C\CCCCCCCC(=O)OCC(COC(=O)CCCCCCCCCCCCCCCC/C=C\C/C=C\C/C=C\CCCCCCC)OC(=O)CCCCCCCCCCCCCCCCCCCC. The number of carbonyl (C=O) groups is 3. The lowest BCUT2D eigenvalue weighted by molar-refractivity contribution is -0.167. The quantitative estimate of drug-likeness (QED) is 0.0261.